The minimum absolute atomic E-state index is 0.363. The third-order valence-corrected chi connectivity index (χ3v) is 3.50. The maximum absolute atomic E-state index is 5.81. The summed E-state index contributed by atoms with van der Waals surface area (Å²) in [6.07, 6.45) is 2.92. The van der Waals surface area contributed by atoms with E-state index in [-0.39, 0.29) is 0 Å². The average molecular weight is 180 g/mol. The summed E-state index contributed by atoms with van der Waals surface area (Å²) in [4.78, 5) is 4.32. The van der Waals surface area contributed by atoms with Crippen LogP contribution in [0.5, 0.6) is 0 Å². The molecule has 1 aliphatic rings. The fourth-order valence-electron chi connectivity index (χ4n) is 1.42. The Labute approximate surface area is 76.6 Å². The van der Waals surface area contributed by atoms with E-state index < -0.39 is 0 Å². The van der Waals surface area contributed by atoms with E-state index in [4.69, 9.17) is 5.73 Å². The highest BCUT2D eigenvalue weighted by Crippen LogP contribution is 2.37. The van der Waals surface area contributed by atoms with E-state index in [1.165, 1.54) is 5.69 Å². The second-order valence-electron chi connectivity index (χ2n) is 3.07. The van der Waals surface area contributed by atoms with Gasteiger partial charge in [0.05, 0.1) is 5.69 Å². The van der Waals surface area contributed by atoms with Crippen LogP contribution in [0.15, 0.2) is 24.4 Å². The van der Waals surface area contributed by atoms with Crippen molar-refractivity contribution in [1.29, 1.82) is 0 Å². The maximum Gasteiger partial charge on any atom is 0.0534 e. The highest BCUT2D eigenvalue weighted by molar-refractivity contribution is 7.99. The van der Waals surface area contributed by atoms with Crippen molar-refractivity contribution in [3.63, 3.8) is 0 Å². The molecule has 3 heteroatoms. The Bertz CT molecular complexity index is 250. The van der Waals surface area contributed by atoms with Crippen molar-refractivity contribution >= 4 is 11.8 Å². The van der Waals surface area contributed by atoms with Crippen LogP contribution in [0.3, 0.4) is 0 Å². The molecule has 2 heterocycles. The molecule has 0 saturated carbocycles. The number of pyridine rings is 1. The molecule has 2 N–H and O–H groups in total. The van der Waals surface area contributed by atoms with Crippen LogP contribution < -0.4 is 5.73 Å². The molecule has 1 aromatic rings. The first-order valence-corrected chi connectivity index (χ1v) is 5.19. The fraction of sp³-hybridized carbons (Fsp3) is 0.444. The minimum atomic E-state index is 0.363. The molecule has 1 aliphatic heterocycles. The van der Waals surface area contributed by atoms with Crippen LogP contribution >= 0.6 is 11.8 Å². The van der Waals surface area contributed by atoms with Crippen LogP contribution in [-0.2, 0) is 0 Å². The quantitative estimate of drug-likeness (QED) is 0.713. The first-order chi connectivity index (χ1) is 5.86. The normalized spacial score (nSPS) is 29.1. The molecule has 0 spiro atoms. The summed E-state index contributed by atoms with van der Waals surface area (Å²) in [7, 11) is 0. The van der Waals surface area contributed by atoms with Crippen LogP contribution in [0, 0.1) is 0 Å². The first-order valence-electron chi connectivity index (χ1n) is 4.14. The molecular formula is C9H12N2S. The summed E-state index contributed by atoms with van der Waals surface area (Å²) >= 11 is 1.92. The Morgan fingerprint density at radius 2 is 2.42 bits per heavy atom. The largest absolute Gasteiger partial charge is 0.327 e. The second kappa shape index (κ2) is 3.46. The van der Waals surface area contributed by atoms with E-state index in [2.05, 4.69) is 11.1 Å². The predicted octanol–water partition coefficient (Wildman–Crippen LogP) is 1.59. The SMILES string of the molecule is NC1CSC(c2ccccn2)C1. The van der Waals surface area contributed by atoms with Crippen LogP contribution in [0.1, 0.15) is 17.4 Å². The summed E-state index contributed by atoms with van der Waals surface area (Å²) in [5, 5.41) is 0.529. The maximum atomic E-state index is 5.81. The van der Waals surface area contributed by atoms with Crippen LogP contribution in [-0.4, -0.2) is 16.8 Å². The Hall–Kier alpha value is -0.540. The van der Waals surface area contributed by atoms with Gasteiger partial charge in [0.15, 0.2) is 0 Å². The van der Waals surface area contributed by atoms with Gasteiger partial charge in [0.1, 0.15) is 0 Å². The topological polar surface area (TPSA) is 38.9 Å². The number of hydrogen-bond acceptors (Lipinski definition) is 3. The lowest BCUT2D eigenvalue weighted by Crippen LogP contribution is -2.18. The predicted molar refractivity (Wildman–Crippen MR) is 52.0 cm³/mol. The molecular weight excluding hydrogens is 168 g/mol. The van der Waals surface area contributed by atoms with Gasteiger partial charge in [0.2, 0.25) is 0 Å². The van der Waals surface area contributed by atoms with Gasteiger partial charge in [0.25, 0.3) is 0 Å². The van der Waals surface area contributed by atoms with E-state index in [9.17, 15) is 0 Å². The van der Waals surface area contributed by atoms with E-state index in [1.807, 2.05) is 30.1 Å². The highest BCUT2D eigenvalue weighted by atomic mass is 32.2. The van der Waals surface area contributed by atoms with E-state index >= 15 is 0 Å². The van der Waals surface area contributed by atoms with Crippen molar-refractivity contribution in [2.24, 2.45) is 5.73 Å². The van der Waals surface area contributed by atoms with Gasteiger partial charge in [-0.15, -0.1) is 0 Å². The lowest BCUT2D eigenvalue weighted by molar-refractivity contribution is 0.691. The molecule has 0 aromatic carbocycles. The van der Waals surface area contributed by atoms with Gasteiger partial charge in [-0.2, -0.15) is 11.8 Å². The van der Waals surface area contributed by atoms with Gasteiger partial charge >= 0.3 is 0 Å². The van der Waals surface area contributed by atoms with Gasteiger partial charge in [-0.25, -0.2) is 0 Å². The van der Waals surface area contributed by atoms with Gasteiger partial charge in [-0.05, 0) is 18.6 Å². The van der Waals surface area contributed by atoms with Gasteiger partial charge in [0, 0.05) is 23.2 Å². The molecule has 2 atom stereocenters. The zero-order valence-corrected chi connectivity index (χ0v) is 7.63. The summed E-state index contributed by atoms with van der Waals surface area (Å²) in [6, 6.07) is 6.42. The van der Waals surface area contributed by atoms with Crippen molar-refractivity contribution < 1.29 is 0 Å². The summed E-state index contributed by atoms with van der Waals surface area (Å²) in [6.45, 7) is 0. The van der Waals surface area contributed by atoms with E-state index in [0.29, 0.717) is 11.3 Å². The molecule has 0 aliphatic carbocycles. The molecule has 1 fully saturated rings. The Kier molecular flexibility index (Phi) is 2.33. The third-order valence-electron chi connectivity index (χ3n) is 2.05. The number of aromatic nitrogens is 1. The molecule has 0 amide bonds. The van der Waals surface area contributed by atoms with Crippen LogP contribution in [0.25, 0.3) is 0 Å². The molecule has 1 saturated heterocycles. The van der Waals surface area contributed by atoms with Crippen molar-refractivity contribution in [3.05, 3.63) is 30.1 Å². The first kappa shape index (κ1) is 8.08. The van der Waals surface area contributed by atoms with Crippen molar-refractivity contribution in [1.82, 2.24) is 4.98 Å². The number of thioether (sulfide) groups is 1. The fourth-order valence-corrected chi connectivity index (χ4v) is 2.73. The van der Waals surface area contributed by atoms with Crippen LogP contribution in [0.2, 0.25) is 0 Å². The molecule has 2 rings (SSSR count). The van der Waals surface area contributed by atoms with Crippen molar-refractivity contribution in [2.75, 3.05) is 5.75 Å². The van der Waals surface area contributed by atoms with Crippen LogP contribution in [0.4, 0.5) is 0 Å². The molecule has 1 aromatic heterocycles. The Morgan fingerprint density at radius 3 is 3.00 bits per heavy atom. The summed E-state index contributed by atoms with van der Waals surface area (Å²) < 4.78 is 0. The Morgan fingerprint density at radius 1 is 1.50 bits per heavy atom. The standard InChI is InChI=1S/C9H12N2S/c10-7-5-9(12-6-7)8-3-1-2-4-11-8/h1-4,7,9H,5-6,10H2. The lowest BCUT2D eigenvalue weighted by atomic mass is 10.1. The molecule has 0 bridgehead atoms. The highest BCUT2D eigenvalue weighted by Gasteiger charge is 2.24. The lowest BCUT2D eigenvalue weighted by Gasteiger charge is -2.06. The number of rotatable bonds is 1. The van der Waals surface area contributed by atoms with Gasteiger partial charge in [-0.1, -0.05) is 6.07 Å². The van der Waals surface area contributed by atoms with Gasteiger partial charge in [-0.3, -0.25) is 4.98 Å². The summed E-state index contributed by atoms with van der Waals surface area (Å²) in [5.41, 5.74) is 6.99. The van der Waals surface area contributed by atoms with Crippen molar-refractivity contribution in [3.8, 4) is 0 Å². The number of nitrogens with zero attached hydrogens (tertiary/aromatic N) is 1. The number of nitrogens with two attached hydrogens (primary N) is 1. The zero-order valence-electron chi connectivity index (χ0n) is 6.81. The molecule has 0 radical (unpaired) electrons. The third kappa shape index (κ3) is 1.62. The average Bonchev–Trinajstić information content (AvgIpc) is 2.54. The van der Waals surface area contributed by atoms with Gasteiger partial charge < -0.3 is 5.73 Å². The summed E-state index contributed by atoms with van der Waals surface area (Å²) in [5.74, 6) is 1.07. The second-order valence-corrected chi connectivity index (χ2v) is 4.31. The molecule has 64 valence electrons. The Balaban J connectivity index is 2.11. The smallest absolute Gasteiger partial charge is 0.0534 e. The monoisotopic (exact) mass is 180 g/mol. The van der Waals surface area contributed by atoms with E-state index in [0.717, 1.165) is 12.2 Å². The van der Waals surface area contributed by atoms with E-state index in [1.54, 1.807) is 0 Å². The minimum Gasteiger partial charge on any atom is -0.327 e. The number of hydrogen-bond donors (Lipinski definition) is 1. The zero-order chi connectivity index (χ0) is 8.39. The molecule has 12 heavy (non-hydrogen) atoms. The molecule has 2 unspecified atom stereocenters. The van der Waals surface area contributed by atoms with Crippen molar-refractivity contribution in [2.45, 2.75) is 17.7 Å². The molecule has 2 nitrogen and oxygen atoms in total.